The van der Waals surface area contributed by atoms with Gasteiger partial charge in [-0.3, -0.25) is 0 Å². The van der Waals surface area contributed by atoms with E-state index in [1.807, 2.05) is 45.9 Å². The summed E-state index contributed by atoms with van der Waals surface area (Å²) in [5, 5.41) is 10.7. The van der Waals surface area contributed by atoms with Gasteiger partial charge in [-0.1, -0.05) is 30.3 Å². The Bertz CT molecular complexity index is 785. The molecule has 1 amide bonds. The van der Waals surface area contributed by atoms with Crippen LogP contribution in [0.25, 0.3) is 0 Å². The molecule has 28 heavy (non-hydrogen) atoms. The Kier molecular flexibility index (Phi) is 7.23. The third kappa shape index (κ3) is 4.72. The number of carbonyl (C=O) groups excluding carboxylic acids is 1. The fourth-order valence-corrected chi connectivity index (χ4v) is 3.02. The molecule has 0 aliphatic rings. The molecule has 0 aliphatic carbocycles. The Balaban J connectivity index is 2.46. The molecule has 7 heteroatoms. The van der Waals surface area contributed by atoms with E-state index in [4.69, 9.17) is 14.2 Å². The lowest BCUT2D eigenvalue weighted by Crippen LogP contribution is -2.43. The number of hydrogen-bond donors (Lipinski definition) is 1. The Morgan fingerprint density at radius 1 is 1.04 bits per heavy atom. The Hall–Kier alpha value is -2.80. The molecule has 0 spiro atoms. The van der Waals surface area contributed by atoms with Gasteiger partial charge in [0.05, 0.1) is 19.9 Å². The van der Waals surface area contributed by atoms with Crippen LogP contribution in [0.15, 0.2) is 36.4 Å². The molecule has 2 rings (SSSR count). The van der Waals surface area contributed by atoms with Gasteiger partial charge in [0.15, 0.2) is 5.75 Å². The van der Waals surface area contributed by atoms with Crippen LogP contribution < -0.4 is 14.2 Å². The number of aromatic nitrogens is 1. The minimum atomic E-state index is -1.01. The average molecular weight is 388 g/mol. The Morgan fingerprint density at radius 2 is 1.64 bits per heavy atom. The van der Waals surface area contributed by atoms with E-state index >= 15 is 0 Å². The van der Waals surface area contributed by atoms with Crippen molar-refractivity contribution < 1.29 is 24.1 Å². The lowest BCUT2D eigenvalue weighted by Gasteiger charge is -2.29. The normalized spacial score (nSPS) is 12.0. The number of hydrogen-bond acceptors (Lipinski definition) is 6. The second-order valence-electron chi connectivity index (χ2n) is 6.86. The lowest BCUT2D eigenvalue weighted by atomic mass is 10.1. The minimum Gasteiger partial charge on any atom is -0.489 e. The van der Waals surface area contributed by atoms with Crippen molar-refractivity contribution in [1.82, 2.24) is 9.88 Å². The molecule has 0 saturated heterocycles. The molecular formula is C21H28N2O5. The van der Waals surface area contributed by atoms with Crippen molar-refractivity contribution in [3.05, 3.63) is 47.7 Å². The van der Waals surface area contributed by atoms with Gasteiger partial charge in [0.1, 0.15) is 6.10 Å². The molecule has 1 atom stereocenters. The highest BCUT2D eigenvalue weighted by molar-refractivity contribution is 5.73. The van der Waals surface area contributed by atoms with E-state index in [-0.39, 0.29) is 35.2 Å². The molecule has 152 valence electrons. The van der Waals surface area contributed by atoms with Gasteiger partial charge in [-0.25, -0.2) is 9.78 Å². The molecule has 0 bridgehead atoms. The summed E-state index contributed by atoms with van der Waals surface area (Å²) in [6.07, 6.45) is -1.53. The van der Waals surface area contributed by atoms with Crippen LogP contribution >= 0.6 is 0 Å². The SMILES string of the molecule is COc1nc(C(O)c2ccccc2)cc(OC(=O)N(C(C)C)C(C)C)c1OC. The molecule has 1 N–H and O–H groups in total. The molecular weight excluding hydrogens is 360 g/mol. The summed E-state index contributed by atoms with van der Waals surface area (Å²) in [6, 6.07) is 10.5. The van der Waals surface area contributed by atoms with Crippen LogP contribution in [0.2, 0.25) is 0 Å². The Morgan fingerprint density at radius 3 is 2.14 bits per heavy atom. The van der Waals surface area contributed by atoms with Gasteiger partial charge in [-0.05, 0) is 33.3 Å². The summed E-state index contributed by atoms with van der Waals surface area (Å²) in [6.45, 7) is 7.65. The topological polar surface area (TPSA) is 81.1 Å². The number of ether oxygens (including phenoxy) is 3. The first-order chi connectivity index (χ1) is 13.3. The maximum absolute atomic E-state index is 12.7. The second-order valence-corrected chi connectivity index (χ2v) is 6.86. The minimum absolute atomic E-state index is 0.0448. The number of carbonyl (C=O) groups is 1. The summed E-state index contributed by atoms with van der Waals surface area (Å²) in [5.74, 6) is 0.446. The molecule has 0 aliphatic heterocycles. The highest BCUT2D eigenvalue weighted by Crippen LogP contribution is 2.38. The first kappa shape index (κ1) is 21.5. The van der Waals surface area contributed by atoms with E-state index < -0.39 is 12.2 Å². The van der Waals surface area contributed by atoms with Crippen LogP contribution in [0.4, 0.5) is 4.79 Å². The number of aliphatic hydroxyl groups excluding tert-OH is 1. The summed E-state index contributed by atoms with van der Waals surface area (Å²) < 4.78 is 16.3. The van der Waals surface area contributed by atoms with Gasteiger partial charge < -0.3 is 24.2 Å². The summed E-state index contributed by atoms with van der Waals surface area (Å²) in [4.78, 5) is 18.7. The fraction of sp³-hybridized carbons (Fsp3) is 0.429. The molecule has 1 unspecified atom stereocenters. The number of pyridine rings is 1. The highest BCUT2D eigenvalue weighted by atomic mass is 16.6. The van der Waals surface area contributed by atoms with Crippen molar-refractivity contribution in [2.75, 3.05) is 14.2 Å². The number of nitrogens with zero attached hydrogens (tertiary/aromatic N) is 2. The average Bonchev–Trinajstić information content (AvgIpc) is 2.66. The number of amides is 1. The summed E-state index contributed by atoms with van der Waals surface area (Å²) >= 11 is 0. The van der Waals surface area contributed by atoms with E-state index in [0.29, 0.717) is 5.56 Å². The third-order valence-corrected chi connectivity index (χ3v) is 4.24. The zero-order valence-electron chi connectivity index (χ0n) is 17.2. The van der Waals surface area contributed by atoms with Gasteiger partial charge in [0.25, 0.3) is 5.88 Å². The maximum atomic E-state index is 12.7. The van der Waals surface area contributed by atoms with E-state index in [1.54, 1.807) is 17.0 Å². The van der Waals surface area contributed by atoms with Crippen molar-refractivity contribution in [1.29, 1.82) is 0 Å². The first-order valence-electron chi connectivity index (χ1n) is 9.16. The molecule has 0 fully saturated rings. The van der Waals surface area contributed by atoms with Crippen LogP contribution in [-0.2, 0) is 0 Å². The van der Waals surface area contributed by atoms with Gasteiger partial charge in [0.2, 0.25) is 5.75 Å². The second kappa shape index (κ2) is 9.41. The van der Waals surface area contributed by atoms with Gasteiger partial charge in [-0.15, -0.1) is 0 Å². The maximum Gasteiger partial charge on any atom is 0.415 e. The molecule has 1 aromatic carbocycles. The lowest BCUT2D eigenvalue weighted by molar-refractivity contribution is 0.121. The van der Waals surface area contributed by atoms with E-state index in [9.17, 15) is 9.90 Å². The molecule has 1 heterocycles. The van der Waals surface area contributed by atoms with Crippen LogP contribution in [0.3, 0.4) is 0 Å². The fourth-order valence-electron chi connectivity index (χ4n) is 3.02. The summed E-state index contributed by atoms with van der Waals surface area (Å²) in [7, 11) is 2.87. The van der Waals surface area contributed by atoms with Gasteiger partial charge in [-0.2, -0.15) is 0 Å². The van der Waals surface area contributed by atoms with Gasteiger partial charge in [0, 0.05) is 18.2 Å². The number of benzene rings is 1. The van der Waals surface area contributed by atoms with Crippen molar-refractivity contribution in [3.8, 4) is 17.4 Å². The first-order valence-corrected chi connectivity index (χ1v) is 9.16. The van der Waals surface area contributed by atoms with Crippen molar-refractivity contribution in [2.24, 2.45) is 0 Å². The molecule has 0 saturated carbocycles. The van der Waals surface area contributed by atoms with Crippen LogP contribution in [-0.4, -0.2) is 47.4 Å². The monoisotopic (exact) mass is 388 g/mol. The van der Waals surface area contributed by atoms with E-state index in [0.717, 1.165) is 0 Å². The standard InChI is InChI=1S/C21H28N2O5/c1-13(2)23(14(3)4)21(25)28-17-12-16(22-20(27-6)19(17)26-5)18(24)15-10-8-7-9-11-15/h7-14,18,24H,1-6H3. The quantitative estimate of drug-likeness (QED) is 0.777. The predicted molar refractivity (Wildman–Crippen MR) is 106 cm³/mol. The van der Waals surface area contributed by atoms with Crippen molar-refractivity contribution in [3.63, 3.8) is 0 Å². The van der Waals surface area contributed by atoms with E-state index in [2.05, 4.69) is 4.98 Å². The van der Waals surface area contributed by atoms with Crippen molar-refractivity contribution >= 4 is 6.09 Å². The third-order valence-electron chi connectivity index (χ3n) is 4.24. The molecule has 0 radical (unpaired) electrons. The summed E-state index contributed by atoms with van der Waals surface area (Å²) in [5.41, 5.74) is 0.942. The van der Waals surface area contributed by atoms with Gasteiger partial charge >= 0.3 is 6.09 Å². The van der Waals surface area contributed by atoms with Crippen LogP contribution in [0, 0.1) is 0 Å². The van der Waals surface area contributed by atoms with Crippen LogP contribution in [0.5, 0.6) is 17.4 Å². The Labute approximate surface area is 165 Å². The van der Waals surface area contributed by atoms with Crippen LogP contribution in [0.1, 0.15) is 45.1 Å². The predicted octanol–water partition coefficient (Wildman–Crippen LogP) is 3.80. The van der Waals surface area contributed by atoms with E-state index in [1.165, 1.54) is 20.3 Å². The molecule has 2 aromatic rings. The zero-order valence-corrected chi connectivity index (χ0v) is 17.2. The smallest absolute Gasteiger partial charge is 0.415 e. The largest absolute Gasteiger partial charge is 0.489 e. The zero-order chi connectivity index (χ0) is 20.8. The van der Waals surface area contributed by atoms with Crippen molar-refractivity contribution in [2.45, 2.75) is 45.9 Å². The number of rotatable bonds is 7. The highest BCUT2D eigenvalue weighted by Gasteiger charge is 2.26. The number of aliphatic hydroxyl groups is 1. The molecule has 1 aromatic heterocycles. The molecule has 7 nitrogen and oxygen atoms in total. The number of methoxy groups -OCH3 is 2.